The van der Waals surface area contributed by atoms with Gasteiger partial charge in [0.05, 0.1) is 0 Å². The van der Waals surface area contributed by atoms with Crippen LogP contribution >= 0.6 is 0 Å². The molecule has 0 aliphatic heterocycles. The van der Waals surface area contributed by atoms with Gasteiger partial charge in [0.2, 0.25) is 0 Å². The molecule has 1 fully saturated rings. The fourth-order valence-corrected chi connectivity index (χ4v) is 2.78. The quantitative estimate of drug-likeness (QED) is 0.479. The van der Waals surface area contributed by atoms with Gasteiger partial charge in [-0.05, 0) is 5.92 Å². The molecule has 1 aliphatic rings. The van der Waals surface area contributed by atoms with E-state index in [1.165, 1.54) is 89.9 Å². The molecule has 0 atom stereocenters. The smallest absolute Gasteiger partial charge is 0.0414 e. The number of hydrogen-bond donors (Lipinski definition) is 0. The van der Waals surface area contributed by atoms with E-state index in [1.54, 1.807) is 0 Å². The van der Waals surface area contributed by atoms with Crippen molar-refractivity contribution in [3.05, 3.63) is 6.92 Å². The topological polar surface area (TPSA) is 0 Å². The van der Waals surface area contributed by atoms with Crippen LogP contribution in [0.3, 0.4) is 0 Å². The summed E-state index contributed by atoms with van der Waals surface area (Å²) in [6.07, 6.45) is 20.3. The Morgan fingerprint density at radius 3 is 1.00 bits per heavy atom. The highest BCUT2D eigenvalue weighted by Gasteiger charge is 2.02. The van der Waals surface area contributed by atoms with Gasteiger partial charge in [0.15, 0.2) is 0 Å². The van der Waals surface area contributed by atoms with Crippen molar-refractivity contribution < 1.29 is 0 Å². The Labute approximate surface area is 103 Å². The molecule has 0 unspecified atom stereocenters. The van der Waals surface area contributed by atoms with Gasteiger partial charge in [-0.25, -0.2) is 0 Å². The Morgan fingerprint density at radius 2 is 0.688 bits per heavy atom. The molecule has 0 bridgehead atoms. The van der Waals surface area contributed by atoms with Gasteiger partial charge in [-0.15, -0.1) is 0 Å². The van der Waals surface area contributed by atoms with E-state index in [0.29, 0.717) is 0 Å². The molecule has 1 saturated carbocycles. The van der Waals surface area contributed by atoms with Crippen LogP contribution in [0.15, 0.2) is 0 Å². The summed E-state index contributed by atoms with van der Waals surface area (Å²) in [5, 5.41) is 0. The Hall–Kier alpha value is 0. The van der Waals surface area contributed by atoms with Crippen LogP contribution < -0.4 is 0 Å². The molecule has 0 saturated heterocycles. The van der Waals surface area contributed by atoms with Crippen LogP contribution in [0, 0.1) is 12.8 Å². The maximum atomic E-state index is 4.29. The Balaban J connectivity index is 2.10. The zero-order chi connectivity index (χ0) is 11.5. The first-order valence-electron chi connectivity index (χ1n) is 7.72. The van der Waals surface area contributed by atoms with Crippen molar-refractivity contribution in [1.82, 2.24) is 0 Å². The lowest BCUT2D eigenvalue weighted by Gasteiger charge is -2.10. The van der Waals surface area contributed by atoms with Crippen LogP contribution in [0.1, 0.15) is 89.9 Å². The first kappa shape index (κ1) is 14.1. The van der Waals surface area contributed by atoms with Crippen LogP contribution in [-0.2, 0) is 0 Å². The fraction of sp³-hybridized carbons (Fsp3) is 0.938. The summed E-state index contributed by atoms with van der Waals surface area (Å²) < 4.78 is 0. The average molecular weight is 223 g/mol. The molecule has 95 valence electrons. The van der Waals surface area contributed by atoms with E-state index in [4.69, 9.17) is 0 Å². The van der Waals surface area contributed by atoms with E-state index in [0.717, 1.165) is 5.92 Å². The van der Waals surface area contributed by atoms with Crippen LogP contribution in [0.2, 0.25) is 0 Å². The summed E-state index contributed by atoms with van der Waals surface area (Å²) in [4.78, 5) is 0. The zero-order valence-electron chi connectivity index (χ0n) is 11.2. The molecule has 0 heteroatoms. The predicted molar refractivity (Wildman–Crippen MR) is 73.5 cm³/mol. The summed E-state index contributed by atoms with van der Waals surface area (Å²) in [6.45, 7) is 4.29. The zero-order valence-corrected chi connectivity index (χ0v) is 11.2. The van der Waals surface area contributed by atoms with Gasteiger partial charge in [0.1, 0.15) is 0 Å². The largest absolute Gasteiger partial charge is 0.0533 e. The Bertz CT molecular complexity index is 123. The lowest BCUT2D eigenvalue weighted by Crippen LogP contribution is -1.95. The first-order chi connectivity index (χ1) is 7.89. The highest BCUT2D eigenvalue weighted by molar-refractivity contribution is 4.62. The van der Waals surface area contributed by atoms with Crippen molar-refractivity contribution in [3.8, 4) is 0 Å². The van der Waals surface area contributed by atoms with Gasteiger partial charge < -0.3 is 0 Å². The van der Waals surface area contributed by atoms with Crippen molar-refractivity contribution in [2.75, 3.05) is 0 Å². The maximum Gasteiger partial charge on any atom is -0.0414 e. The SMILES string of the molecule is [CH2]C1CCCCCCCCCCCCCC1. The van der Waals surface area contributed by atoms with E-state index in [9.17, 15) is 0 Å². The fourth-order valence-electron chi connectivity index (χ4n) is 2.78. The van der Waals surface area contributed by atoms with Gasteiger partial charge in [-0.1, -0.05) is 96.8 Å². The summed E-state index contributed by atoms with van der Waals surface area (Å²) >= 11 is 0. The summed E-state index contributed by atoms with van der Waals surface area (Å²) in [7, 11) is 0. The van der Waals surface area contributed by atoms with Crippen LogP contribution in [0.5, 0.6) is 0 Å². The molecule has 0 aromatic heterocycles. The molecule has 0 aromatic rings. The predicted octanol–water partition coefficient (Wildman–Crippen LogP) is 5.91. The van der Waals surface area contributed by atoms with Gasteiger partial charge >= 0.3 is 0 Å². The standard InChI is InChI=1S/C16H31/c1-16-14-12-10-8-6-4-2-3-5-7-9-11-13-15-16/h16H,1-15H2. The average Bonchev–Trinajstić information content (AvgIpc) is 2.29. The van der Waals surface area contributed by atoms with E-state index < -0.39 is 0 Å². The monoisotopic (exact) mass is 223 g/mol. The number of rotatable bonds is 0. The third-order valence-corrected chi connectivity index (χ3v) is 3.97. The number of hydrogen-bond acceptors (Lipinski definition) is 0. The molecule has 0 spiro atoms. The summed E-state index contributed by atoms with van der Waals surface area (Å²) in [6, 6.07) is 0. The van der Waals surface area contributed by atoms with Gasteiger partial charge in [-0.2, -0.15) is 0 Å². The second kappa shape index (κ2) is 10.2. The van der Waals surface area contributed by atoms with Gasteiger partial charge in [-0.3, -0.25) is 0 Å². The van der Waals surface area contributed by atoms with Gasteiger partial charge in [0.25, 0.3) is 0 Å². The molecule has 0 aromatic carbocycles. The van der Waals surface area contributed by atoms with E-state index in [-0.39, 0.29) is 0 Å². The van der Waals surface area contributed by atoms with Crippen molar-refractivity contribution in [3.63, 3.8) is 0 Å². The molecule has 16 heavy (non-hydrogen) atoms. The molecular formula is C16H31. The molecule has 0 amide bonds. The third kappa shape index (κ3) is 8.19. The summed E-state index contributed by atoms with van der Waals surface area (Å²) in [5.41, 5.74) is 0. The molecule has 1 radical (unpaired) electrons. The lowest BCUT2D eigenvalue weighted by atomic mass is 9.96. The molecule has 1 aliphatic carbocycles. The second-order valence-corrected chi connectivity index (χ2v) is 5.69. The van der Waals surface area contributed by atoms with E-state index >= 15 is 0 Å². The minimum Gasteiger partial charge on any atom is -0.0533 e. The molecule has 0 heterocycles. The third-order valence-electron chi connectivity index (χ3n) is 3.97. The highest BCUT2D eigenvalue weighted by Crippen LogP contribution is 2.19. The van der Waals surface area contributed by atoms with Crippen molar-refractivity contribution in [2.45, 2.75) is 89.9 Å². The highest BCUT2D eigenvalue weighted by atomic mass is 14.1. The van der Waals surface area contributed by atoms with Gasteiger partial charge in [0, 0.05) is 0 Å². The molecular weight excluding hydrogens is 192 g/mol. The maximum absolute atomic E-state index is 4.29. The van der Waals surface area contributed by atoms with E-state index in [2.05, 4.69) is 6.92 Å². The van der Waals surface area contributed by atoms with Crippen LogP contribution in [-0.4, -0.2) is 0 Å². The minimum absolute atomic E-state index is 0.741. The Morgan fingerprint density at radius 1 is 0.438 bits per heavy atom. The molecule has 1 rings (SSSR count). The Kier molecular flexibility index (Phi) is 8.94. The lowest BCUT2D eigenvalue weighted by molar-refractivity contribution is 0.468. The normalized spacial score (nSPS) is 24.6. The van der Waals surface area contributed by atoms with Crippen LogP contribution in [0.4, 0.5) is 0 Å². The van der Waals surface area contributed by atoms with Crippen LogP contribution in [0.25, 0.3) is 0 Å². The molecule has 0 N–H and O–H groups in total. The van der Waals surface area contributed by atoms with Crippen molar-refractivity contribution in [1.29, 1.82) is 0 Å². The van der Waals surface area contributed by atoms with E-state index in [1.807, 2.05) is 0 Å². The second-order valence-electron chi connectivity index (χ2n) is 5.69. The van der Waals surface area contributed by atoms with Crippen molar-refractivity contribution in [2.24, 2.45) is 5.92 Å². The minimum atomic E-state index is 0.741. The summed E-state index contributed by atoms with van der Waals surface area (Å²) in [5.74, 6) is 0.741. The first-order valence-corrected chi connectivity index (χ1v) is 7.72. The molecule has 0 nitrogen and oxygen atoms in total. The van der Waals surface area contributed by atoms with Crippen molar-refractivity contribution >= 4 is 0 Å².